The molecule has 1 saturated carbocycles. The molecular formula is C27H35N6O3P. The topological polar surface area (TPSA) is 149 Å². The van der Waals surface area contributed by atoms with E-state index >= 15 is 0 Å². The lowest BCUT2D eigenvalue weighted by Crippen LogP contribution is -2.38. The summed E-state index contributed by atoms with van der Waals surface area (Å²) in [6.07, 6.45) is 9.76. The molecule has 2 atom stereocenters. The summed E-state index contributed by atoms with van der Waals surface area (Å²) < 4.78 is 0. The fourth-order valence-corrected chi connectivity index (χ4v) is 4.32. The molecule has 9 nitrogen and oxygen atoms in total. The quantitative estimate of drug-likeness (QED) is 0.126. The zero-order chi connectivity index (χ0) is 27.4. The molecule has 5 N–H and O–H groups in total. The summed E-state index contributed by atoms with van der Waals surface area (Å²) in [7, 11) is 6.14. The number of allylic oxidation sites excluding steroid dienone is 3. The summed E-state index contributed by atoms with van der Waals surface area (Å²) in [4.78, 5) is 39.3. The number of aliphatic imine (C=N–C) groups is 1. The Morgan fingerprint density at radius 3 is 2.62 bits per heavy atom. The molecular weight excluding hydrogens is 487 g/mol. The minimum atomic E-state index is -0.702. The van der Waals surface area contributed by atoms with Crippen molar-refractivity contribution >= 4 is 44.4 Å². The minimum Gasteiger partial charge on any atom is -0.404 e. The molecule has 1 fully saturated rings. The second-order valence-corrected chi connectivity index (χ2v) is 9.52. The van der Waals surface area contributed by atoms with E-state index in [1.807, 2.05) is 43.3 Å². The van der Waals surface area contributed by atoms with E-state index in [-0.39, 0.29) is 24.7 Å². The predicted octanol–water partition coefficient (Wildman–Crippen LogP) is 1.23. The molecule has 196 valence electrons. The number of nitrogens with one attached hydrogen (secondary N) is 3. The molecule has 0 radical (unpaired) electrons. The van der Waals surface area contributed by atoms with Crippen LogP contribution in [0.25, 0.3) is 5.57 Å². The summed E-state index contributed by atoms with van der Waals surface area (Å²) in [6.45, 7) is 2.63. The molecule has 0 bridgehead atoms. The number of amides is 2. The summed E-state index contributed by atoms with van der Waals surface area (Å²) in [5.41, 5.74) is 9.40. The van der Waals surface area contributed by atoms with Crippen LogP contribution in [0.1, 0.15) is 37.3 Å². The van der Waals surface area contributed by atoms with Gasteiger partial charge in [0.05, 0.1) is 18.2 Å². The molecule has 2 amide bonds. The lowest BCUT2D eigenvalue weighted by Gasteiger charge is -2.24. The van der Waals surface area contributed by atoms with Crippen LogP contribution in [0.2, 0.25) is 0 Å². The van der Waals surface area contributed by atoms with Gasteiger partial charge in [0.15, 0.2) is 0 Å². The van der Waals surface area contributed by atoms with E-state index in [2.05, 4.69) is 30.2 Å². The van der Waals surface area contributed by atoms with Crippen molar-refractivity contribution in [3.63, 3.8) is 0 Å². The first-order valence-electron chi connectivity index (χ1n) is 12.0. The number of benzene rings is 1. The van der Waals surface area contributed by atoms with E-state index < -0.39 is 11.4 Å². The van der Waals surface area contributed by atoms with Crippen molar-refractivity contribution in [2.45, 2.75) is 31.7 Å². The van der Waals surface area contributed by atoms with Crippen molar-refractivity contribution in [2.75, 3.05) is 27.2 Å². The minimum absolute atomic E-state index is 0.140. The summed E-state index contributed by atoms with van der Waals surface area (Å²) in [5.74, 6) is -0.627. The molecule has 1 aromatic carbocycles. The smallest absolute Gasteiger partial charge is 0.284 e. The number of hydrogen-bond donors (Lipinski definition) is 4. The highest BCUT2D eigenvalue weighted by atomic mass is 31.0. The molecule has 10 heteroatoms. The molecule has 0 heterocycles. The maximum absolute atomic E-state index is 13.2. The molecule has 0 aromatic heterocycles. The van der Waals surface area contributed by atoms with Crippen molar-refractivity contribution in [2.24, 2.45) is 16.6 Å². The highest BCUT2D eigenvalue weighted by Crippen LogP contribution is 2.46. The first-order chi connectivity index (χ1) is 17.7. The fraction of sp³-hybridized carbons (Fsp3) is 0.370. The Bertz CT molecular complexity index is 1180. The van der Waals surface area contributed by atoms with Crippen LogP contribution in [0.15, 0.2) is 52.7 Å². The van der Waals surface area contributed by atoms with E-state index in [0.29, 0.717) is 12.1 Å². The molecule has 2 aliphatic rings. The molecule has 0 spiro atoms. The lowest BCUT2D eigenvalue weighted by molar-refractivity contribution is -0.131. The number of hydrogen-bond acceptors (Lipinski definition) is 7. The highest BCUT2D eigenvalue weighted by molar-refractivity contribution is 7.27. The van der Waals surface area contributed by atoms with E-state index in [4.69, 9.17) is 11.0 Å². The first-order valence-corrected chi connectivity index (χ1v) is 12.6. The predicted molar refractivity (Wildman–Crippen MR) is 150 cm³/mol. The Morgan fingerprint density at radius 1 is 1.35 bits per heavy atom. The van der Waals surface area contributed by atoms with Gasteiger partial charge in [-0.15, -0.1) is 9.24 Å². The Balaban J connectivity index is 0.000000877. The summed E-state index contributed by atoms with van der Waals surface area (Å²) >= 11 is 0. The molecule has 0 saturated heterocycles. The van der Waals surface area contributed by atoms with Crippen LogP contribution < -0.4 is 27.0 Å². The second-order valence-electron chi connectivity index (χ2n) is 8.89. The molecule has 3 rings (SSSR count). The zero-order valence-corrected chi connectivity index (χ0v) is 22.7. The van der Waals surface area contributed by atoms with Gasteiger partial charge < -0.3 is 21.7 Å². The van der Waals surface area contributed by atoms with Gasteiger partial charge in [-0.25, -0.2) is 0 Å². The first kappa shape index (κ1) is 29.6. The number of nitrogens with zero attached hydrogens (tertiary/aromatic N) is 2. The third-order valence-corrected chi connectivity index (χ3v) is 6.56. The van der Waals surface area contributed by atoms with Crippen LogP contribution in [0, 0.1) is 17.2 Å². The van der Waals surface area contributed by atoms with Crippen molar-refractivity contribution in [1.29, 1.82) is 5.26 Å². The van der Waals surface area contributed by atoms with E-state index in [9.17, 15) is 14.4 Å². The summed E-state index contributed by atoms with van der Waals surface area (Å²) in [6, 6.07) is 7.98. The van der Waals surface area contributed by atoms with Crippen LogP contribution in [0.4, 0.5) is 0 Å². The third kappa shape index (κ3) is 8.21. The van der Waals surface area contributed by atoms with Gasteiger partial charge in [-0.05, 0) is 60.3 Å². The van der Waals surface area contributed by atoms with Crippen LogP contribution in [0.3, 0.4) is 0 Å². The standard InChI is InChI=1S/C24H29N4O3P.C3H6N2/c1-15-3-5-19(16(9-15)13-27-22(30)14-29)23(31)28-24(7-8-24)18-4-6-21(32)20(10-18)17(11-25)12-26-2;1-5-3-2-4/h4-6,9-12,14-15H,3,7-8,13,25,32H2,1-2H3,(H,27,30)(H,28,31);5H,3H2,1H3/b17-11+,26-12?;. The largest absolute Gasteiger partial charge is 0.404 e. The van der Waals surface area contributed by atoms with Gasteiger partial charge in [0.25, 0.3) is 11.8 Å². The number of aldehydes is 1. The van der Waals surface area contributed by atoms with Gasteiger partial charge in [0.2, 0.25) is 6.29 Å². The number of carbonyl (C=O) groups excluding carboxylic acids is 3. The lowest BCUT2D eigenvalue weighted by atomic mass is 9.90. The number of nitrogens with two attached hydrogens (primary N) is 1. The zero-order valence-electron chi connectivity index (χ0n) is 21.5. The third-order valence-electron chi connectivity index (χ3n) is 6.05. The van der Waals surface area contributed by atoms with Crippen molar-refractivity contribution in [3.05, 3.63) is 58.8 Å². The van der Waals surface area contributed by atoms with Crippen LogP contribution >= 0.6 is 9.24 Å². The van der Waals surface area contributed by atoms with Crippen molar-refractivity contribution < 1.29 is 14.4 Å². The van der Waals surface area contributed by atoms with Gasteiger partial charge >= 0.3 is 0 Å². The van der Waals surface area contributed by atoms with Gasteiger partial charge in [0.1, 0.15) is 0 Å². The normalized spacial score (nSPS) is 17.9. The number of nitriles is 1. The fourth-order valence-electron chi connectivity index (χ4n) is 3.97. The van der Waals surface area contributed by atoms with Crippen LogP contribution in [0.5, 0.6) is 0 Å². The van der Waals surface area contributed by atoms with Gasteiger partial charge in [-0.3, -0.25) is 19.4 Å². The van der Waals surface area contributed by atoms with Gasteiger partial charge in [0, 0.05) is 37.2 Å². The van der Waals surface area contributed by atoms with E-state index in [1.165, 1.54) is 6.20 Å². The average molecular weight is 523 g/mol. The average Bonchev–Trinajstić information content (AvgIpc) is 3.67. The highest BCUT2D eigenvalue weighted by Gasteiger charge is 2.46. The Kier molecular flexibility index (Phi) is 11.4. The summed E-state index contributed by atoms with van der Waals surface area (Å²) in [5, 5.41) is 17.2. The number of carbonyl (C=O) groups is 3. The van der Waals surface area contributed by atoms with E-state index in [0.717, 1.165) is 46.8 Å². The monoisotopic (exact) mass is 522 g/mol. The Hall–Kier alpha value is -3.60. The molecule has 37 heavy (non-hydrogen) atoms. The van der Waals surface area contributed by atoms with Crippen molar-refractivity contribution in [1.82, 2.24) is 16.0 Å². The molecule has 1 aromatic rings. The second kappa shape index (κ2) is 14.2. The maximum Gasteiger partial charge on any atom is 0.284 e. The van der Waals surface area contributed by atoms with Crippen LogP contribution in [-0.4, -0.2) is 51.5 Å². The van der Waals surface area contributed by atoms with E-state index in [1.54, 1.807) is 20.3 Å². The molecule has 2 unspecified atom stereocenters. The van der Waals surface area contributed by atoms with Crippen molar-refractivity contribution in [3.8, 4) is 6.07 Å². The Morgan fingerprint density at radius 2 is 2.08 bits per heavy atom. The maximum atomic E-state index is 13.2. The Labute approximate surface area is 220 Å². The molecule has 0 aliphatic heterocycles. The van der Waals surface area contributed by atoms with Crippen LogP contribution in [-0.2, 0) is 19.9 Å². The van der Waals surface area contributed by atoms with Gasteiger partial charge in [-0.1, -0.05) is 31.2 Å². The number of rotatable bonds is 9. The molecule has 2 aliphatic carbocycles. The van der Waals surface area contributed by atoms with Gasteiger partial charge in [-0.2, -0.15) is 5.26 Å². The SMILES string of the molecule is CN=C/C(=C\N)c1cc(C2(NC(=O)C3=CCC(C)C=C3CNC(=O)C=O)CC2)ccc1P.CNCC#N.